The molecule has 3 aromatic rings. The van der Waals surface area contributed by atoms with E-state index in [1.807, 2.05) is 0 Å². The van der Waals surface area contributed by atoms with E-state index < -0.39 is 35.2 Å². The first-order valence-corrected chi connectivity index (χ1v) is 13.4. The number of hydrogen-bond acceptors (Lipinski definition) is 7. The Morgan fingerprint density at radius 2 is 1.10 bits per heavy atom. The van der Waals surface area contributed by atoms with E-state index in [9.17, 15) is 19.2 Å². The molecule has 1 aromatic heterocycles. The van der Waals surface area contributed by atoms with E-state index in [4.69, 9.17) is 32.7 Å². The topological polar surface area (TPSA) is 148 Å². The molecule has 0 bridgehead atoms. The summed E-state index contributed by atoms with van der Waals surface area (Å²) in [6.07, 6.45) is -0.0676. The largest absolute Gasteiger partial charge is 0.444 e. The molecule has 0 fully saturated rings. The summed E-state index contributed by atoms with van der Waals surface area (Å²) >= 11 is 12.5. The summed E-state index contributed by atoms with van der Waals surface area (Å²) in [5, 5.41) is 10.8. The van der Waals surface area contributed by atoms with Crippen molar-refractivity contribution in [3.05, 3.63) is 76.0 Å². The van der Waals surface area contributed by atoms with E-state index in [1.54, 1.807) is 53.7 Å². The number of benzene rings is 2. The van der Waals surface area contributed by atoms with Gasteiger partial charge in [-0.3, -0.25) is 25.2 Å². The lowest BCUT2D eigenvalue weighted by Crippen LogP contribution is -2.27. The molecule has 1 heterocycles. The van der Waals surface area contributed by atoms with Crippen LogP contribution in [0, 0.1) is 0 Å². The standard InChI is InChI=1S/C29H31Cl2N5O6/c1-28(2,3)41-26(39)35-21-11-8-17(13-19(21)30)33-24(37)16-7-10-23(32-15-16)25(38)34-18-9-12-22(20(31)14-18)36-27(40)42-29(4,5)6/h7-15H,1-6H3,(H,33,37)(H,34,38)(H,35,39)(H,36,40). The number of hydrogen-bond donors (Lipinski definition) is 4. The van der Waals surface area contributed by atoms with Gasteiger partial charge in [-0.1, -0.05) is 23.2 Å². The number of carbonyl (C=O) groups excluding carboxylic acids is 4. The summed E-state index contributed by atoms with van der Waals surface area (Å²) in [4.78, 5) is 53.4. The van der Waals surface area contributed by atoms with Gasteiger partial charge in [0.05, 0.1) is 27.0 Å². The number of nitrogens with one attached hydrogen (secondary N) is 4. The van der Waals surface area contributed by atoms with Gasteiger partial charge in [-0.25, -0.2) is 9.59 Å². The lowest BCUT2D eigenvalue weighted by molar-refractivity contribution is 0.0624. The minimum Gasteiger partial charge on any atom is -0.444 e. The molecule has 222 valence electrons. The van der Waals surface area contributed by atoms with Crippen LogP contribution in [0.4, 0.5) is 32.3 Å². The SMILES string of the molecule is CC(C)(C)OC(=O)Nc1ccc(NC(=O)c2ccc(C(=O)Nc3ccc(NC(=O)OC(C)(C)C)c(Cl)c3)nc2)cc1Cl. The number of halogens is 2. The predicted octanol–water partition coefficient (Wildman–Crippen LogP) is 7.59. The molecular weight excluding hydrogens is 585 g/mol. The van der Waals surface area contributed by atoms with Gasteiger partial charge in [-0.2, -0.15) is 0 Å². The van der Waals surface area contributed by atoms with E-state index >= 15 is 0 Å². The molecule has 0 saturated carbocycles. The Morgan fingerprint density at radius 3 is 1.48 bits per heavy atom. The Hall–Kier alpha value is -4.35. The van der Waals surface area contributed by atoms with E-state index in [0.717, 1.165) is 0 Å². The third-order valence-corrected chi connectivity index (χ3v) is 5.61. The summed E-state index contributed by atoms with van der Waals surface area (Å²) in [5.41, 5.74) is 0.279. The van der Waals surface area contributed by atoms with Crippen LogP contribution in [0.5, 0.6) is 0 Å². The monoisotopic (exact) mass is 615 g/mol. The number of nitrogens with zero attached hydrogens (tertiary/aromatic N) is 1. The Labute approximate surface area is 253 Å². The Balaban J connectivity index is 1.58. The molecule has 0 aliphatic heterocycles. The first kappa shape index (κ1) is 32.2. The Bertz CT molecular complexity index is 1390. The van der Waals surface area contributed by atoms with Crippen molar-refractivity contribution in [1.82, 2.24) is 4.98 Å². The fourth-order valence-corrected chi connectivity index (χ4v) is 3.73. The lowest BCUT2D eigenvalue weighted by atomic mass is 10.2. The van der Waals surface area contributed by atoms with Gasteiger partial charge in [0.2, 0.25) is 0 Å². The molecule has 3 rings (SSSR count). The molecule has 0 aliphatic carbocycles. The summed E-state index contributed by atoms with van der Waals surface area (Å²) < 4.78 is 10.4. The second kappa shape index (κ2) is 13.1. The van der Waals surface area contributed by atoms with Gasteiger partial charge in [0.25, 0.3) is 11.8 Å². The molecule has 13 heteroatoms. The summed E-state index contributed by atoms with van der Waals surface area (Å²) in [7, 11) is 0. The van der Waals surface area contributed by atoms with E-state index in [1.165, 1.54) is 42.6 Å². The quantitative estimate of drug-likeness (QED) is 0.223. The minimum atomic E-state index is -0.671. The highest BCUT2D eigenvalue weighted by Crippen LogP contribution is 2.28. The zero-order valence-electron chi connectivity index (χ0n) is 23.8. The lowest BCUT2D eigenvalue weighted by Gasteiger charge is -2.20. The van der Waals surface area contributed by atoms with Crippen LogP contribution in [-0.4, -0.2) is 40.2 Å². The average molecular weight is 617 g/mol. The smallest absolute Gasteiger partial charge is 0.412 e. The molecule has 0 spiro atoms. The van der Waals surface area contributed by atoms with Crippen LogP contribution in [0.1, 0.15) is 62.4 Å². The molecule has 2 aromatic carbocycles. The van der Waals surface area contributed by atoms with Crippen LogP contribution in [-0.2, 0) is 9.47 Å². The van der Waals surface area contributed by atoms with Crippen LogP contribution in [0.2, 0.25) is 10.0 Å². The first-order valence-electron chi connectivity index (χ1n) is 12.7. The second-order valence-corrected chi connectivity index (χ2v) is 11.8. The van der Waals surface area contributed by atoms with Crippen LogP contribution in [0.15, 0.2) is 54.7 Å². The second-order valence-electron chi connectivity index (χ2n) is 11.0. The highest BCUT2D eigenvalue weighted by atomic mass is 35.5. The Morgan fingerprint density at radius 1 is 0.643 bits per heavy atom. The van der Waals surface area contributed by atoms with E-state index in [2.05, 4.69) is 26.3 Å². The van der Waals surface area contributed by atoms with Crippen molar-refractivity contribution in [2.75, 3.05) is 21.3 Å². The van der Waals surface area contributed by atoms with Gasteiger partial charge < -0.3 is 20.1 Å². The van der Waals surface area contributed by atoms with Gasteiger partial charge in [-0.05, 0) is 90.1 Å². The summed E-state index contributed by atoms with van der Waals surface area (Å²) in [5.74, 6) is -1.02. The number of amides is 4. The van der Waals surface area contributed by atoms with Gasteiger partial charge in [-0.15, -0.1) is 0 Å². The van der Waals surface area contributed by atoms with Crippen molar-refractivity contribution in [1.29, 1.82) is 0 Å². The maximum atomic E-state index is 12.7. The van der Waals surface area contributed by atoms with Crippen LogP contribution in [0.25, 0.3) is 0 Å². The highest BCUT2D eigenvalue weighted by molar-refractivity contribution is 6.34. The van der Waals surface area contributed by atoms with Gasteiger partial charge in [0.1, 0.15) is 16.9 Å². The zero-order valence-corrected chi connectivity index (χ0v) is 25.4. The third-order valence-electron chi connectivity index (χ3n) is 4.98. The molecular formula is C29H31Cl2N5O6. The fourth-order valence-electron chi connectivity index (χ4n) is 3.28. The number of ether oxygens (including phenoxy) is 2. The van der Waals surface area contributed by atoms with Crippen LogP contribution >= 0.6 is 23.2 Å². The molecule has 0 radical (unpaired) electrons. The van der Waals surface area contributed by atoms with E-state index in [0.29, 0.717) is 22.7 Å². The zero-order chi connectivity index (χ0) is 31.2. The number of rotatable bonds is 6. The number of aromatic nitrogens is 1. The highest BCUT2D eigenvalue weighted by Gasteiger charge is 2.19. The normalized spacial score (nSPS) is 11.2. The van der Waals surface area contributed by atoms with Gasteiger partial charge in [0, 0.05) is 17.6 Å². The molecule has 0 aliphatic rings. The summed E-state index contributed by atoms with van der Waals surface area (Å²) in [6, 6.07) is 11.9. The maximum absolute atomic E-state index is 12.7. The Kier molecular flexibility index (Phi) is 10.0. The molecule has 42 heavy (non-hydrogen) atoms. The van der Waals surface area contributed by atoms with Crippen molar-refractivity contribution < 1.29 is 28.7 Å². The number of carbonyl (C=O) groups is 4. The fraction of sp³-hybridized carbons (Fsp3) is 0.276. The average Bonchev–Trinajstić information content (AvgIpc) is 2.85. The van der Waals surface area contributed by atoms with Crippen LogP contribution < -0.4 is 21.3 Å². The number of pyridine rings is 1. The third kappa shape index (κ3) is 9.93. The molecule has 0 unspecified atom stereocenters. The molecule has 4 N–H and O–H groups in total. The molecule has 11 nitrogen and oxygen atoms in total. The van der Waals surface area contributed by atoms with Gasteiger partial charge in [0.15, 0.2) is 0 Å². The van der Waals surface area contributed by atoms with Crippen molar-refractivity contribution in [3.63, 3.8) is 0 Å². The van der Waals surface area contributed by atoms with Crippen molar-refractivity contribution in [2.24, 2.45) is 0 Å². The molecule has 0 saturated heterocycles. The minimum absolute atomic E-state index is 0.0549. The van der Waals surface area contributed by atoms with Crippen molar-refractivity contribution >= 4 is 70.0 Å². The van der Waals surface area contributed by atoms with Crippen molar-refractivity contribution in [3.8, 4) is 0 Å². The first-order chi connectivity index (χ1) is 19.5. The summed E-state index contributed by atoms with van der Waals surface area (Å²) in [6.45, 7) is 10.4. The van der Waals surface area contributed by atoms with Gasteiger partial charge >= 0.3 is 12.2 Å². The maximum Gasteiger partial charge on any atom is 0.412 e. The number of anilines is 4. The van der Waals surface area contributed by atoms with Crippen molar-refractivity contribution in [2.45, 2.75) is 52.7 Å². The molecule has 0 atom stereocenters. The van der Waals surface area contributed by atoms with E-state index in [-0.39, 0.29) is 21.3 Å². The predicted molar refractivity (Wildman–Crippen MR) is 163 cm³/mol. The molecule has 4 amide bonds. The van der Waals surface area contributed by atoms with Crippen LogP contribution in [0.3, 0.4) is 0 Å².